The lowest BCUT2D eigenvalue weighted by molar-refractivity contribution is 0.107. The highest BCUT2D eigenvalue weighted by atomic mass is 16.3. The minimum Gasteiger partial charge on any atom is -0.392 e. The van der Waals surface area contributed by atoms with Crippen LogP contribution in [-0.4, -0.2) is 35.7 Å². The van der Waals surface area contributed by atoms with Gasteiger partial charge in [-0.05, 0) is 83.7 Å². The first-order chi connectivity index (χ1) is 20.7. The number of hydrogen-bond donors (Lipinski definition) is 1. The van der Waals surface area contributed by atoms with Gasteiger partial charge in [0.15, 0.2) is 0 Å². The second-order valence-corrected chi connectivity index (χ2v) is 13.2. The van der Waals surface area contributed by atoms with Crippen molar-refractivity contribution in [2.24, 2.45) is 0 Å². The van der Waals surface area contributed by atoms with Gasteiger partial charge in [-0.3, -0.25) is 0 Å². The standard InChI is InChI=1S/C40H79NO/c1-4-7-9-11-13-15-17-19-21-23-25-27-29-31-33-35-37-41(39-40(42)6-3)38-36-34-32-30-28-26-24-22-20-18-16-14-12-10-8-5-2/h19-22,40,42H,4-18,23-39H2,1-3H3/b21-19-,22-20-. The lowest BCUT2D eigenvalue weighted by atomic mass is 10.1. The van der Waals surface area contributed by atoms with Crippen LogP contribution >= 0.6 is 0 Å². The molecule has 1 N–H and O–H groups in total. The van der Waals surface area contributed by atoms with E-state index >= 15 is 0 Å². The summed E-state index contributed by atoms with van der Waals surface area (Å²) in [6, 6.07) is 0. The molecule has 0 heterocycles. The van der Waals surface area contributed by atoms with Crippen LogP contribution in [0.5, 0.6) is 0 Å². The smallest absolute Gasteiger partial charge is 0.0664 e. The summed E-state index contributed by atoms with van der Waals surface area (Å²) in [5.41, 5.74) is 0. The van der Waals surface area contributed by atoms with Crippen LogP contribution in [0.15, 0.2) is 24.3 Å². The molecule has 2 nitrogen and oxygen atoms in total. The zero-order valence-electron chi connectivity index (χ0n) is 29.4. The maximum atomic E-state index is 10.2. The molecule has 0 aliphatic heterocycles. The third kappa shape index (κ3) is 33.9. The van der Waals surface area contributed by atoms with Gasteiger partial charge in [-0.15, -0.1) is 0 Å². The Morgan fingerprint density at radius 1 is 0.405 bits per heavy atom. The molecule has 0 radical (unpaired) electrons. The summed E-state index contributed by atoms with van der Waals surface area (Å²) in [6.45, 7) is 9.90. The average molecular weight is 590 g/mol. The van der Waals surface area contributed by atoms with Gasteiger partial charge in [0.2, 0.25) is 0 Å². The molecule has 2 heteroatoms. The van der Waals surface area contributed by atoms with Crippen molar-refractivity contribution >= 4 is 0 Å². The number of aliphatic hydroxyl groups excluding tert-OH is 1. The summed E-state index contributed by atoms with van der Waals surface area (Å²) in [5.74, 6) is 0. The number of unbranched alkanes of at least 4 members (excludes halogenated alkanes) is 24. The number of hydrogen-bond acceptors (Lipinski definition) is 2. The van der Waals surface area contributed by atoms with Crippen LogP contribution in [0.4, 0.5) is 0 Å². The molecule has 0 amide bonds. The van der Waals surface area contributed by atoms with Gasteiger partial charge in [0, 0.05) is 6.54 Å². The molecule has 0 saturated heterocycles. The van der Waals surface area contributed by atoms with Gasteiger partial charge < -0.3 is 10.0 Å². The third-order valence-corrected chi connectivity index (χ3v) is 8.91. The third-order valence-electron chi connectivity index (χ3n) is 8.91. The second kappa shape index (κ2) is 36.6. The Bertz CT molecular complexity index is 500. The summed E-state index contributed by atoms with van der Waals surface area (Å²) in [6.07, 6.45) is 48.6. The van der Waals surface area contributed by atoms with E-state index in [1.165, 1.54) is 193 Å². The van der Waals surface area contributed by atoms with Crippen LogP contribution in [0.2, 0.25) is 0 Å². The maximum absolute atomic E-state index is 10.2. The van der Waals surface area contributed by atoms with E-state index in [-0.39, 0.29) is 6.10 Å². The van der Waals surface area contributed by atoms with Crippen molar-refractivity contribution in [1.29, 1.82) is 0 Å². The molecule has 0 aromatic rings. The lowest BCUT2D eigenvalue weighted by Crippen LogP contribution is -2.33. The highest BCUT2D eigenvalue weighted by Gasteiger charge is 2.10. The topological polar surface area (TPSA) is 23.5 Å². The van der Waals surface area contributed by atoms with Gasteiger partial charge >= 0.3 is 0 Å². The molecular formula is C40H79NO. The van der Waals surface area contributed by atoms with Crippen LogP contribution in [0.25, 0.3) is 0 Å². The summed E-state index contributed by atoms with van der Waals surface area (Å²) >= 11 is 0. The quantitative estimate of drug-likeness (QED) is 0.0587. The zero-order chi connectivity index (χ0) is 30.6. The predicted molar refractivity (Wildman–Crippen MR) is 192 cm³/mol. The molecule has 0 aromatic carbocycles. The Labute approximate surface area is 266 Å². The van der Waals surface area contributed by atoms with Gasteiger partial charge in [0.05, 0.1) is 6.10 Å². The van der Waals surface area contributed by atoms with Crippen molar-refractivity contribution in [2.45, 2.75) is 213 Å². The molecule has 0 aromatic heterocycles. The van der Waals surface area contributed by atoms with Gasteiger partial charge in [0.1, 0.15) is 0 Å². The van der Waals surface area contributed by atoms with E-state index in [4.69, 9.17) is 0 Å². The Hall–Kier alpha value is -0.600. The fourth-order valence-electron chi connectivity index (χ4n) is 5.89. The zero-order valence-corrected chi connectivity index (χ0v) is 29.4. The van der Waals surface area contributed by atoms with Crippen LogP contribution in [0.1, 0.15) is 207 Å². The minimum absolute atomic E-state index is 0.159. The average Bonchev–Trinajstić information content (AvgIpc) is 3.00. The normalized spacial score (nSPS) is 12.9. The van der Waals surface area contributed by atoms with E-state index < -0.39 is 0 Å². The van der Waals surface area contributed by atoms with E-state index in [1.807, 2.05) is 0 Å². The van der Waals surface area contributed by atoms with Crippen molar-refractivity contribution in [3.8, 4) is 0 Å². The summed E-state index contributed by atoms with van der Waals surface area (Å²) < 4.78 is 0. The molecule has 1 atom stereocenters. The van der Waals surface area contributed by atoms with E-state index in [9.17, 15) is 5.11 Å². The first kappa shape index (κ1) is 41.4. The Morgan fingerprint density at radius 2 is 0.690 bits per heavy atom. The number of rotatable bonds is 35. The molecule has 0 fully saturated rings. The highest BCUT2D eigenvalue weighted by molar-refractivity contribution is 4.82. The fraction of sp³-hybridized carbons (Fsp3) is 0.900. The second-order valence-electron chi connectivity index (χ2n) is 13.2. The van der Waals surface area contributed by atoms with Gasteiger partial charge in [-0.1, -0.05) is 161 Å². The van der Waals surface area contributed by atoms with Crippen molar-refractivity contribution in [3.63, 3.8) is 0 Å². The first-order valence-electron chi connectivity index (χ1n) is 19.4. The molecule has 0 saturated carbocycles. The largest absolute Gasteiger partial charge is 0.392 e. The van der Waals surface area contributed by atoms with E-state index in [1.54, 1.807) is 0 Å². The van der Waals surface area contributed by atoms with Crippen molar-refractivity contribution in [1.82, 2.24) is 4.90 Å². The van der Waals surface area contributed by atoms with Gasteiger partial charge in [0.25, 0.3) is 0 Å². The van der Waals surface area contributed by atoms with E-state index in [0.29, 0.717) is 0 Å². The Morgan fingerprint density at radius 3 is 1.00 bits per heavy atom. The van der Waals surface area contributed by atoms with Crippen LogP contribution in [0, 0.1) is 0 Å². The van der Waals surface area contributed by atoms with Crippen molar-refractivity contribution in [3.05, 3.63) is 24.3 Å². The number of nitrogens with zero attached hydrogens (tertiary/aromatic N) is 1. The first-order valence-corrected chi connectivity index (χ1v) is 19.4. The molecular weight excluding hydrogens is 510 g/mol. The Kier molecular flexibility index (Phi) is 36.1. The monoisotopic (exact) mass is 590 g/mol. The summed E-state index contributed by atoms with van der Waals surface area (Å²) in [4.78, 5) is 2.55. The lowest BCUT2D eigenvalue weighted by Gasteiger charge is -2.24. The fourth-order valence-corrected chi connectivity index (χ4v) is 5.89. The maximum Gasteiger partial charge on any atom is 0.0664 e. The number of aliphatic hydroxyl groups is 1. The van der Waals surface area contributed by atoms with Crippen LogP contribution < -0.4 is 0 Å². The molecule has 1 unspecified atom stereocenters. The molecule has 0 bridgehead atoms. The molecule has 0 spiro atoms. The van der Waals surface area contributed by atoms with Crippen LogP contribution in [0.3, 0.4) is 0 Å². The van der Waals surface area contributed by atoms with E-state index in [0.717, 1.165) is 13.0 Å². The van der Waals surface area contributed by atoms with Crippen LogP contribution in [-0.2, 0) is 0 Å². The summed E-state index contributed by atoms with van der Waals surface area (Å²) in [5, 5.41) is 10.2. The van der Waals surface area contributed by atoms with Crippen molar-refractivity contribution < 1.29 is 5.11 Å². The minimum atomic E-state index is -0.159. The Balaban J connectivity index is 3.65. The molecule has 250 valence electrons. The van der Waals surface area contributed by atoms with E-state index in [2.05, 4.69) is 50.0 Å². The molecule has 0 rings (SSSR count). The van der Waals surface area contributed by atoms with Gasteiger partial charge in [-0.25, -0.2) is 0 Å². The highest BCUT2D eigenvalue weighted by Crippen LogP contribution is 2.13. The molecule has 42 heavy (non-hydrogen) atoms. The van der Waals surface area contributed by atoms with Crippen molar-refractivity contribution in [2.75, 3.05) is 19.6 Å². The molecule has 0 aliphatic carbocycles. The predicted octanol–water partition coefficient (Wildman–Crippen LogP) is 13.1. The van der Waals surface area contributed by atoms with Gasteiger partial charge in [-0.2, -0.15) is 0 Å². The molecule has 0 aliphatic rings. The SMILES string of the molecule is CCCCCCCC/C=C\CCCCCCCCN(CCCCCCCC/C=C\CCCCCCCC)CC(O)CC. The summed E-state index contributed by atoms with van der Waals surface area (Å²) in [7, 11) is 0. The number of allylic oxidation sites excluding steroid dienone is 4.